The average molecular weight is 940 g/mol. The lowest BCUT2D eigenvalue weighted by molar-refractivity contribution is -0.384. The minimum atomic E-state index is -4.64. The van der Waals surface area contributed by atoms with Crippen molar-refractivity contribution in [2.45, 2.75) is 61.9 Å². The van der Waals surface area contributed by atoms with Gasteiger partial charge in [0.05, 0.1) is 27.6 Å². The van der Waals surface area contributed by atoms with Crippen LogP contribution < -0.4 is 24.6 Å². The summed E-state index contributed by atoms with van der Waals surface area (Å²) in [6.07, 6.45) is 9.40. The first-order chi connectivity index (χ1) is 31.8. The third-order valence-electron chi connectivity index (χ3n) is 14.2. The molecule has 5 aliphatic rings. The molecule has 3 aliphatic heterocycles. The standard InChI is InChI=1S/C48H52ClFN8O7S/c49-35-4-2-32(3-5-35)39-29-47(12-1-13-47)14-10-34(39)30-55-18-20-56(21-19-55)36-6-8-38(41(27-36)57-22-25-65-46-43(57)26-33-11-17-51-44(33)53-46)45(59)54-66(62,63)37-7-9-40(42(28-37)58(60)61)52-31-48(50)15-23-64-24-16-48/h2-9,11,17,26-28,52H,1,10,12-16,18-25,29-31H2,(H,51,53)(H,54,59). The van der Waals surface area contributed by atoms with Crippen molar-refractivity contribution in [1.29, 1.82) is 0 Å². The van der Waals surface area contributed by atoms with Crippen molar-refractivity contribution in [3.8, 4) is 5.88 Å². The van der Waals surface area contributed by atoms with E-state index < -0.39 is 37.1 Å². The van der Waals surface area contributed by atoms with Gasteiger partial charge >= 0.3 is 0 Å². The maximum atomic E-state index is 15.3. The second-order valence-corrected chi connectivity index (χ2v) is 20.4. The number of rotatable bonds is 12. The molecule has 1 saturated carbocycles. The van der Waals surface area contributed by atoms with Gasteiger partial charge in [-0.15, -0.1) is 0 Å². The number of piperazine rings is 1. The zero-order valence-corrected chi connectivity index (χ0v) is 38.1. The monoisotopic (exact) mass is 938 g/mol. The SMILES string of the molecule is O=C(NS(=O)(=O)c1ccc(NCC2(F)CCOCC2)c([N+](=O)[O-])c1)c1ccc(N2CCN(CC3=C(c4ccc(Cl)cc4)CC4(CCC4)CC3)CC2)cc1N1CCOc2nc3[nH]ccc3cc21. The number of anilines is 4. The summed E-state index contributed by atoms with van der Waals surface area (Å²) in [6, 6.07) is 20.7. The largest absolute Gasteiger partial charge is 0.474 e. The first kappa shape index (κ1) is 44.1. The Labute approximate surface area is 387 Å². The smallest absolute Gasteiger partial charge is 0.293 e. The molecule has 0 unspecified atom stereocenters. The number of hydrogen-bond donors (Lipinski definition) is 3. The number of aromatic amines is 1. The maximum Gasteiger partial charge on any atom is 0.293 e. The number of amides is 1. The predicted molar refractivity (Wildman–Crippen MR) is 252 cm³/mol. The molecule has 2 aliphatic carbocycles. The molecule has 5 aromatic rings. The number of halogens is 2. The molecule has 15 nitrogen and oxygen atoms in total. The highest BCUT2D eigenvalue weighted by Crippen LogP contribution is 2.55. The normalized spacial score (nSPS) is 19.5. The van der Waals surface area contributed by atoms with Crippen LogP contribution in [0.1, 0.15) is 67.3 Å². The number of carbonyl (C=O) groups excluding carboxylic acids is 1. The highest BCUT2D eigenvalue weighted by molar-refractivity contribution is 7.90. The molecule has 18 heteroatoms. The topological polar surface area (TPSA) is 175 Å². The lowest BCUT2D eigenvalue weighted by Gasteiger charge is -2.47. The molecule has 346 valence electrons. The molecule has 10 rings (SSSR count). The zero-order chi connectivity index (χ0) is 45.6. The van der Waals surface area contributed by atoms with Gasteiger partial charge in [0, 0.05) is 93.7 Å². The van der Waals surface area contributed by atoms with Crippen LogP contribution in [0.4, 0.5) is 32.8 Å². The van der Waals surface area contributed by atoms with Crippen LogP contribution >= 0.6 is 11.6 Å². The number of benzene rings is 3. The Morgan fingerprint density at radius 1 is 0.924 bits per heavy atom. The minimum Gasteiger partial charge on any atom is -0.474 e. The molecule has 1 spiro atoms. The second-order valence-electron chi connectivity index (χ2n) is 18.3. The fraction of sp³-hybridized carbons (Fsp3) is 0.417. The number of sulfonamides is 1. The fourth-order valence-corrected chi connectivity index (χ4v) is 11.3. The number of nitrogens with one attached hydrogen (secondary N) is 3. The first-order valence-electron chi connectivity index (χ1n) is 22.7. The van der Waals surface area contributed by atoms with Crippen LogP contribution in [0.15, 0.2) is 89.5 Å². The number of nitrogens with zero attached hydrogens (tertiary/aromatic N) is 5. The predicted octanol–water partition coefficient (Wildman–Crippen LogP) is 8.63. The van der Waals surface area contributed by atoms with Crippen LogP contribution in [0.5, 0.6) is 5.88 Å². The first-order valence-corrected chi connectivity index (χ1v) is 24.5. The summed E-state index contributed by atoms with van der Waals surface area (Å²) in [4.78, 5) is 39.8. The van der Waals surface area contributed by atoms with Crippen LogP contribution in [0, 0.1) is 15.5 Å². The van der Waals surface area contributed by atoms with Gasteiger partial charge in [-0.1, -0.05) is 35.7 Å². The summed E-state index contributed by atoms with van der Waals surface area (Å²) in [5.74, 6) is -0.557. The molecule has 3 N–H and O–H groups in total. The van der Waals surface area contributed by atoms with Gasteiger partial charge in [0.2, 0.25) is 5.88 Å². The Balaban J connectivity index is 0.907. The van der Waals surface area contributed by atoms with E-state index in [1.165, 1.54) is 48.5 Å². The number of pyridine rings is 1. The summed E-state index contributed by atoms with van der Waals surface area (Å²) in [5, 5.41) is 16.5. The molecule has 3 fully saturated rings. The Morgan fingerprint density at radius 3 is 2.45 bits per heavy atom. The van der Waals surface area contributed by atoms with Gasteiger partial charge in [0.25, 0.3) is 21.6 Å². The van der Waals surface area contributed by atoms with Crippen molar-refractivity contribution in [1.82, 2.24) is 19.6 Å². The number of allylic oxidation sites excluding steroid dienone is 1. The highest BCUT2D eigenvalue weighted by Gasteiger charge is 2.41. The van der Waals surface area contributed by atoms with Crippen molar-refractivity contribution in [3.63, 3.8) is 0 Å². The zero-order valence-electron chi connectivity index (χ0n) is 36.5. The quantitative estimate of drug-likeness (QED) is 0.0804. The molecule has 0 bridgehead atoms. The van der Waals surface area contributed by atoms with E-state index in [-0.39, 0.29) is 50.5 Å². The number of nitro groups is 1. The molecule has 2 aromatic heterocycles. The van der Waals surface area contributed by atoms with E-state index in [1.807, 2.05) is 41.3 Å². The Hall–Kier alpha value is -5.75. The van der Waals surface area contributed by atoms with Crippen molar-refractivity contribution >= 4 is 72.6 Å². The number of carbonyl (C=O) groups is 1. The van der Waals surface area contributed by atoms with Gasteiger partial charge in [0.1, 0.15) is 29.3 Å². The van der Waals surface area contributed by atoms with Crippen LogP contribution in [-0.4, -0.2) is 105 Å². The molecule has 3 aromatic carbocycles. The third kappa shape index (κ3) is 8.93. The second kappa shape index (κ2) is 17.8. The Kier molecular flexibility index (Phi) is 11.9. The van der Waals surface area contributed by atoms with Crippen molar-refractivity contribution in [3.05, 3.63) is 111 Å². The molecule has 5 heterocycles. The maximum absolute atomic E-state index is 15.3. The van der Waals surface area contributed by atoms with E-state index in [9.17, 15) is 23.3 Å². The Bertz CT molecular complexity index is 2820. The molecular weight excluding hydrogens is 887 g/mol. The molecule has 2 saturated heterocycles. The molecule has 0 atom stereocenters. The van der Waals surface area contributed by atoms with E-state index in [0.29, 0.717) is 34.9 Å². The highest BCUT2D eigenvalue weighted by atomic mass is 35.5. The summed E-state index contributed by atoms with van der Waals surface area (Å²) >= 11 is 6.30. The Morgan fingerprint density at radius 2 is 1.71 bits per heavy atom. The fourth-order valence-electron chi connectivity index (χ4n) is 10.2. The van der Waals surface area contributed by atoms with E-state index in [1.54, 1.807) is 12.3 Å². The van der Waals surface area contributed by atoms with Gasteiger partial charge in [-0.25, -0.2) is 17.5 Å². The molecule has 1 amide bonds. The van der Waals surface area contributed by atoms with Crippen molar-refractivity contribution in [2.75, 3.05) is 80.8 Å². The number of fused-ring (bicyclic) bond motifs is 2. The van der Waals surface area contributed by atoms with E-state index >= 15 is 4.39 Å². The number of nitro benzene ring substituents is 1. The van der Waals surface area contributed by atoms with Gasteiger partial charge in [-0.3, -0.25) is 19.8 Å². The van der Waals surface area contributed by atoms with Gasteiger partial charge in [-0.05, 0) is 103 Å². The number of alkyl halides is 1. The van der Waals surface area contributed by atoms with Gasteiger partial charge < -0.3 is 29.6 Å². The summed E-state index contributed by atoms with van der Waals surface area (Å²) in [6.45, 7) is 4.90. The molecule has 0 radical (unpaired) electrons. The van der Waals surface area contributed by atoms with Crippen LogP contribution in [0.2, 0.25) is 5.02 Å². The molecule has 66 heavy (non-hydrogen) atoms. The minimum absolute atomic E-state index is 0.0424. The van der Waals surface area contributed by atoms with Crippen LogP contribution in [-0.2, 0) is 14.8 Å². The number of aromatic nitrogens is 2. The summed E-state index contributed by atoms with van der Waals surface area (Å²) in [5.41, 5.74) is 5.09. The lowest BCUT2D eigenvalue weighted by atomic mass is 9.59. The van der Waals surface area contributed by atoms with E-state index in [0.717, 1.165) is 73.8 Å². The van der Waals surface area contributed by atoms with E-state index in [4.69, 9.17) is 21.1 Å². The average Bonchev–Trinajstić information content (AvgIpc) is 3.77. The van der Waals surface area contributed by atoms with Crippen molar-refractivity contribution < 1.29 is 32.0 Å². The summed E-state index contributed by atoms with van der Waals surface area (Å²) in [7, 11) is -4.64. The van der Waals surface area contributed by atoms with Crippen LogP contribution in [0.3, 0.4) is 0 Å². The molecular formula is C48H52ClFN8O7S. The van der Waals surface area contributed by atoms with E-state index in [2.05, 4.69) is 41.9 Å². The number of H-pyrrole nitrogens is 1. The van der Waals surface area contributed by atoms with Crippen molar-refractivity contribution in [2.24, 2.45) is 5.41 Å². The number of ether oxygens (including phenoxy) is 2. The summed E-state index contributed by atoms with van der Waals surface area (Å²) < 4.78 is 56.5. The van der Waals surface area contributed by atoms with Gasteiger partial charge in [0.15, 0.2) is 0 Å². The lowest BCUT2D eigenvalue weighted by Crippen LogP contribution is -2.47. The number of hydrogen-bond acceptors (Lipinski definition) is 12. The van der Waals surface area contributed by atoms with Crippen LogP contribution in [0.25, 0.3) is 16.6 Å². The van der Waals surface area contributed by atoms with Gasteiger partial charge in [-0.2, -0.15) is 4.98 Å². The third-order valence-corrected chi connectivity index (χ3v) is 15.8.